The van der Waals surface area contributed by atoms with Crippen LogP contribution >= 0.6 is 11.3 Å². The summed E-state index contributed by atoms with van der Waals surface area (Å²) in [5.74, 6) is 0.233. The van der Waals surface area contributed by atoms with Gasteiger partial charge in [0.05, 0.1) is 4.88 Å². The Hall–Kier alpha value is -1.63. The summed E-state index contributed by atoms with van der Waals surface area (Å²) in [6.07, 6.45) is -4.32. The van der Waals surface area contributed by atoms with Crippen molar-refractivity contribution in [2.45, 2.75) is 6.18 Å². The summed E-state index contributed by atoms with van der Waals surface area (Å²) in [6.45, 7) is 0. The van der Waals surface area contributed by atoms with Crippen LogP contribution in [-0.2, 0) is 6.18 Å². The van der Waals surface area contributed by atoms with Crippen molar-refractivity contribution in [1.29, 1.82) is 0 Å². The molecule has 0 saturated heterocycles. The highest BCUT2D eigenvalue weighted by Crippen LogP contribution is 2.37. The van der Waals surface area contributed by atoms with Gasteiger partial charge in [0.1, 0.15) is 16.4 Å². The fraction of sp³-hybridized carbons (Fsp3) is 0.111. The number of nitrogens with zero attached hydrogens (tertiary/aromatic N) is 2. The van der Waals surface area contributed by atoms with Gasteiger partial charge in [-0.1, -0.05) is 0 Å². The zero-order valence-corrected chi connectivity index (χ0v) is 8.64. The molecule has 2 aromatic heterocycles. The highest BCUT2D eigenvalue weighted by molar-refractivity contribution is 7.15. The van der Waals surface area contributed by atoms with Gasteiger partial charge in [-0.2, -0.15) is 13.2 Å². The van der Waals surface area contributed by atoms with E-state index in [0.29, 0.717) is 21.9 Å². The largest absolute Gasteiger partial charge is 0.425 e. The molecule has 0 spiro atoms. The molecular formula is C9H6F3N3S. The lowest BCUT2D eigenvalue weighted by Crippen LogP contribution is -2.00. The normalized spacial score (nSPS) is 11.7. The summed E-state index contributed by atoms with van der Waals surface area (Å²) in [4.78, 5) is -0.235. The molecule has 0 aliphatic heterocycles. The fourth-order valence-electron chi connectivity index (χ4n) is 1.10. The van der Waals surface area contributed by atoms with Crippen LogP contribution in [-0.4, -0.2) is 10.2 Å². The number of nitrogen functional groups attached to an aromatic ring is 1. The van der Waals surface area contributed by atoms with Crippen LogP contribution in [0, 0.1) is 0 Å². The third-order valence-electron chi connectivity index (χ3n) is 1.82. The Morgan fingerprint density at radius 2 is 1.81 bits per heavy atom. The number of rotatable bonds is 1. The van der Waals surface area contributed by atoms with Crippen LogP contribution in [0.1, 0.15) is 4.88 Å². The lowest BCUT2D eigenvalue weighted by atomic mass is 10.3. The minimum atomic E-state index is -4.32. The molecule has 0 bridgehead atoms. The van der Waals surface area contributed by atoms with Crippen molar-refractivity contribution in [1.82, 2.24) is 10.2 Å². The van der Waals surface area contributed by atoms with Gasteiger partial charge < -0.3 is 5.73 Å². The minimum absolute atomic E-state index is 0.233. The van der Waals surface area contributed by atoms with Crippen molar-refractivity contribution in [3.8, 4) is 10.6 Å². The molecule has 16 heavy (non-hydrogen) atoms. The van der Waals surface area contributed by atoms with Crippen LogP contribution in [0.3, 0.4) is 0 Å². The minimum Gasteiger partial charge on any atom is -0.382 e. The average molecular weight is 245 g/mol. The first-order valence-electron chi connectivity index (χ1n) is 4.23. The van der Waals surface area contributed by atoms with Gasteiger partial charge in [0.15, 0.2) is 0 Å². The Morgan fingerprint density at radius 3 is 2.31 bits per heavy atom. The Balaban J connectivity index is 2.35. The highest BCUT2D eigenvalue weighted by atomic mass is 32.1. The molecule has 84 valence electrons. The number of halogens is 3. The number of alkyl halides is 3. The molecular weight excluding hydrogens is 239 g/mol. The van der Waals surface area contributed by atoms with Crippen LogP contribution in [0.5, 0.6) is 0 Å². The maximum atomic E-state index is 12.3. The second kappa shape index (κ2) is 3.75. The molecule has 0 unspecified atom stereocenters. The van der Waals surface area contributed by atoms with Crippen LogP contribution in [0.15, 0.2) is 24.3 Å². The number of aromatic nitrogens is 2. The molecule has 2 aromatic rings. The van der Waals surface area contributed by atoms with Gasteiger partial charge in [-0.25, -0.2) is 0 Å². The molecule has 7 heteroatoms. The summed E-state index contributed by atoms with van der Waals surface area (Å²) < 4.78 is 37.0. The number of hydrogen-bond donors (Lipinski definition) is 1. The first-order valence-corrected chi connectivity index (χ1v) is 5.05. The van der Waals surface area contributed by atoms with E-state index in [1.165, 1.54) is 18.2 Å². The van der Waals surface area contributed by atoms with Gasteiger partial charge in [-0.05, 0) is 24.3 Å². The number of anilines is 1. The molecule has 0 aromatic carbocycles. The van der Waals surface area contributed by atoms with Crippen molar-refractivity contribution >= 4 is 17.2 Å². The summed E-state index contributed by atoms with van der Waals surface area (Å²) in [5, 5.41) is 7.29. The molecule has 0 atom stereocenters. The lowest BCUT2D eigenvalue weighted by molar-refractivity contribution is -0.134. The monoisotopic (exact) mass is 245 g/mol. The van der Waals surface area contributed by atoms with Crippen molar-refractivity contribution < 1.29 is 13.2 Å². The maximum Gasteiger partial charge on any atom is 0.425 e. The fourth-order valence-corrected chi connectivity index (χ4v) is 1.94. The van der Waals surface area contributed by atoms with Crippen LogP contribution in [0.4, 0.5) is 19.0 Å². The SMILES string of the molecule is Nc1ccc(-c2ccc(C(F)(F)F)s2)nn1. The summed E-state index contributed by atoms with van der Waals surface area (Å²) in [7, 11) is 0. The summed E-state index contributed by atoms with van der Waals surface area (Å²) in [6, 6.07) is 5.43. The van der Waals surface area contributed by atoms with Crippen LogP contribution in [0.2, 0.25) is 0 Å². The first kappa shape index (κ1) is 10.9. The molecule has 0 aliphatic carbocycles. The lowest BCUT2D eigenvalue weighted by Gasteiger charge is -2.00. The smallest absolute Gasteiger partial charge is 0.382 e. The molecule has 2 N–H and O–H groups in total. The number of nitrogens with two attached hydrogens (primary N) is 1. The van der Waals surface area contributed by atoms with E-state index < -0.39 is 11.1 Å². The van der Waals surface area contributed by atoms with E-state index in [2.05, 4.69) is 10.2 Å². The predicted molar refractivity (Wildman–Crippen MR) is 54.8 cm³/mol. The molecule has 0 amide bonds. The van der Waals surface area contributed by atoms with Gasteiger partial charge in [0.2, 0.25) is 0 Å². The standard InChI is InChI=1S/C9H6F3N3S/c10-9(11,12)7-3-2-6(16-7)5-1-4-8(13)15-14-5/h1-4H,(H2,13,15). The van der Waals surface area contributed by atoms with E-state index in [0.717, 1.165) is 6.07 Å². The first-order chi connectivity index (χ1) is 7.47. The zero-order valence-electron chi connectivity index (χ0n) is 7.82. The topological polar surface area (TPSA) is 51.8 Å². The van der Waals surface area contributed by atoms with Gasteiger partial charge in [0.25, 0.3) is 0 Å². The van der Waals surface area contributed by atoms with Crippen molar-refractivity contribution in [2.75, 3.05) is 5.73 Å². The average Bonchev–Trinajstić information content (AvgIpc) is 2.67. The van der Waals surface area contributed by atoms with Gasteiger partial charge in [0, 0.05) is 0 Å². The van der Waals surface area contributed by atoms with E-state index in [1.807, 2.05) is 0 Å². The van der Waals surface area contributed by atoms with Crippen molar-refractivity contribution in [3.05, 3.63) is 29.1 Å². The van der Waals surface area contributed by atoms with Gasteiger partial charge in [-0.3, -0.25) is 0 Å². The Kier molecular flexibility index (Phi) is 2.55. The quantitative estimate of drug-likeness (QED) is 0.840. The van der Waals surface area contributed by atoms with Gasteiger partial charge >= 0.3 is 6.18 Å². The van der Waals surface area contributed by atoms with Crippen molar-refractivity contribution in [2.24, 2.45) is 0 Å². The highest BCUT2D eigenvalue weighted by Gasteiger charge is 2.32. The second-order valence-corrected chi connectivity index (χ2v) is 4.09. The van der Waals surface area contributed by atoms with E-state index in [1.54, 1.807) is 0 Å². The number of hydrogen-bond acceptors (Lipinski definition) is 4. The molecule has 2 heterocycles. The summed E-state index contributed by atoms with van der Waals surface area (Å²) >= 11 is 0.630. The Bertz CT molecular complexity index is 489. The van der Waals surface area contributed by atoms with E-state index in [9.17, 15) is 13.2 Å². The maximum absolute atomic E-state index is 12.3. The molecule has 0 fully saturated rings. The molecule has 0 aliphatic rings. The molecule has 2 rings (SSSR count). The number of thiophene rings is 1. The Labute approximate surface area is 92.7 Å². The third kappa shape index (κ3) is 2.13. The molecule has 0 radical (unpaired) electrons. The van der Waals surface area contributed by atoms with Crippen LogP contribution < -0.4 is 5.73 Å². The second-order valence-electron chi connectivity index (χ2n) is 3.01. The van der Waals surface area contributed by atoms with Crippen LogP contribution in [0.25, 0.3) is 10.6 Å². The Morgan fingerprint density at radius 1 is 1.06 bits per heavy atom. The predicted octanol–water partition coefficient (Wildman–Crippen LogP) is 2.81. The third-order valence-corrected chi connectivity index (χ3v) is 2.98. The zero-order chi connectivity index (χ0) is 11.8. The summed E-state index contributed by atoms with van der Waals surface area (Å²) in [5.41, 5.74) is 5.71. The van der Waals surface area contributed by atoms with E-state index in [-0.39, 0.29) is 5.82 Å². The molecule has 0 saturated carbocycles. The van der Waals surface area contributed by atoms with Crippen molar-refractivity contribution in [3.63, 3.8) is 0 Å². The van der Waals surface area contributed by atoms with Gasteiger partial charge in [-0.15, -0.1) is 21.5 Å². The van der Waals surface area contributed by atoms with E-state index >= 15 is 0 Å². The molecule has 3 nitrogen and oxygen atoms in total. The van der Waals surface area contributed by atoms with E-state index in [4.69, 9.17) is 5.73 Å².